The van der Waals surface area contributed by atoms with Crippen molar-refractivity contribution in [1.82, 2.24) is 4.31 Å². The molecule has 9 heteroatoms. The number of halogens is 3. The first-order chi connectivity index (χ1) is 6.54. The van der Waals surface area contributed by atoms with Crippen molar-refractivity contribution in [3.05, 3.63) is 0 Å². The molecular weight excluding hydrogens is 253 g/mol. The lowest BCUT2D eigenvalue weighted by molar-refractivity contribution is -0.135. The molecule has 4 nitrogen and oxygen atoms in total. The minimum absolute atomic E-state index is 0.270. The van der Waals surface area contributed by atoms with Gasteiger partial charge >= 0.3 is 6.18 Å². The Balaban J connectivity index is 4.33. The molecule has 0 spiro atoms. The predicted octanol–water partition coefficient (Wildman–Crippen LogP) is 0.487. The molecule has 0 amide bonds. The second kappa shape index (κ2) is 5.08. The van der Waals surface area contributed by atoms with Crippen LogP contribution in [0.4, 0.5) is 13.2 Å². The van der Waals surface area contributed by atoms with Crippen LogP contribution in [0.5, 0.6) is 0 Å². The molecule has 0 radical (unpaired) electrons. The molecule has 90 valence electrons. The molecule has 0 aliphatic rings. The van der Waals surface area contributed by atoms with Gasteiger partial charge in [-0.2, -0.15) is 13.2 Å². The first-order valence-corrected chi connectivity index (χ1v) is 5.85. The first-order valence-electron chi connectivity index (χ1n) is 3.83. The van der Waals surface area contributed by atoms with E-state index in [0.717, 1.165) is 7.05 Å². The van der Waals surface area contributed by atoms with E-state index in [1.54, 1.807) is 0 Å². The summed E-state index contributed by atoms with van der Waals surface area (Å²) in [4.78, 5) is -0.270. The molecule has 0 saturated carbocycles. The average Bonchev–Trinajstić information content (AvgIpc) is 1.95. The Morgan fingerprint density at radius 2 is 1.93 bits per heavy atom. The van der Waals surface area contributed by atoms with E-state index in [4.69, 9.17) is 5.73 Å². The molecule has 0 atom stereocenters. The van der Waals surface area contributed by atoms with Gasteiger partial charge in [0.1, 0.15) is 5.75 Å². The van der Waals surface area contributed by atoms with Gasteiger partial charge in [-0.25, -0.2) is 12.7 Å². The van der Waals surface area contributed by atoms with Gasteiger partial charge in [-0.1, -0.05) is 12.2 Å². The van der Waals surface area contributed by atoms with Gasteiger partial charge in [0.25, 0.3) is 0 Å². The van der Waals surface area contributed by atoms with Crippen molar-refractivity contribution in [2.75, 3.05) is 19.3 Å². The number of thiocarbonyl (C=S) groups is 1. The second-order valence-corrected chi connectivity index (χ2v) is 5.51. The van der Waals surface area contributed by atoms with Crippen LogP contribution in [0.1, 0.15) is 6.42 Å². The highest BCUT2D eigenvalue weighted by Gasteiger charge is 2.29. The monoisotopic (exact) mass is 264 g/mol. The van der Waals surface area contributed by atoms with Crippen molar-refractivity contribution >= 4 is 27.2 Å². The zero-order chi connectivity index (χ0) is 12.3. The van der Waals surface area contributed by atoms with Crippen molar-refractivity contribution in [1.29, 1.82) is 0 Å². The summed E-state index contributed by atoms with van der Waals surface area (Å²) in [5.41, 5.74) is 5.00. The summed E-state index contributed by atoms with van der Waals surface area (Å²) in [5, 5.41) is 0. The lowest BCUT2D eigenvalue weighted by Crippen LogP contribution is -2.36. The molecule has 0 fully saturated rings. The van der Waals surface area contributed by atoms with E-state index in [1.807, 2.05) is 0 Å². The van der Waals surface area contributed by atoms with E-state index in [-0.39, 0.29) is 4.99 Å². The number of hydrogen-bond donors (Lipinski definition) is 1. The predicted molar refractivity (Wildman–Crippen MR) is 53.9 cm³/mol. The molecule has 0 saturated heterocycles. The molecule has 0 aromatic carbocycles. The van der Waals surface area contributed by atoms with E-state index in [2.05, 4.69) is 12.2 Å². The second-order valence-electron chi connectivity index (χ2n) is 2.91. The number of alkyl halides is 3. The zero-order valence-corrected chi connectivity index (χ0v) is 9.55. The molecule has 0 unspecified atom stereocenters. The molecule has 0 aliphatic heterocycles. The van der Waals surface area contributed by atoms with E-state index in [0.29, 0.717) is 4.31 Å². The Hall–Kier alpha value is -0.410. The lowest BCUT2D eigenvalue weighted by atomic mass is 10.4. The quantitative estimate of drug-likeness (QED) is 0.734. The highest BCUT2D eigenvalue weighted by Crippen LogP contribution is 2.20. The van der Waals surface area contributed by atoms with Crippen LogP contribution in [-0.4, -0.2) is 43.2 Å². The molecule has 15 heavy (non-hydrogen) atoms. The summed E-state index contributed by atoms with van der Waals surface area (Å²) < 4.78 is 58.5. The number of rotatable bonds is 5. The van der Waals surface area contributed by atoms with Crippen LogP contribution in [-0.2, 0) is 10.0 Å². The third-order valence-electron chi connectivity index (χ3n) is 1.51. The third-order valence-corrected chi connectivity index (χ3v) is 3.64. The van der Waals surface area contributed by atoms with E-state index in [9.17, 15) is 21.6 Å². The highest BCUT2D eigenvalue weighted by atomic mass is 32.2. The lowest BCUT2D eigenvalue weighted by Gasteiger charge is -2.17. The van der Waals surface area contributed by atoms with Crippen LogP contribution < -0.4 is 5.73 Å². The fourth-order valence-corrected chi connectivity index (χ4v) is 2.11. The SMILES string of the molecule is CN(CCC(F)(F)F)S(=O)(=O)CC(N)=S. The molecule has 0 aliphatic carbocycles. The Kier molecular flexibility index (Phi) is 4.94. The smallest absolute Gasteiger partial charge is 0.390 e. The number of hydrogen-bond acceptors (Lipinski definition) is 3. The highest BCUT2D eigenvalue weighted by molar-refractivity contribution is 7.92. The van der Waals surface area contributed by atoms with Crippen LogP contribution in [0.3, 0.4) is 0 Å². The fourth-order valence-electron chi connectivity index (χ4n) is 0.713. The first kappa shape index (κ1) is 14.6. The third kappa shape index (κ3) is 6.63. The number of sulfonamides is 1. The van der Waals surface area contributed by atoms with Gasteiger partial charge in [0.2, 0.25) is 10.0 Å². The van der Waals surface area contributed by atoms with E-state index in [1.165, 1.54) is 0 Å². The van der Waals surface area contributed by atoms with Crippen molar-refractivity contribution in [2.45, 2.75) is 12.6 Å². The summed E-state index contributed by atoms with van der Waals surface area (Å²) in [7, 11) is -2.76. The Morgan fingerprint density at radius 1 is 1.47 bits per heavy atom. The van der Waals surface area contributed by atoms with E-state index < -0.39 is 34.9 Å². The van der Waals surface area contributed by atoms with Crippen LogP contribution in [0, 0.1) is 0 Å². The maximum absolute atomic E-state index is 11.8. The zero-order valence-electron chi connectivity index (χ0n) is 7.91. The fraction of sp³-hybridized carbons (Fsp3) is 0.833. The van der Waals surface area contributed by atoms with Gasteiger partial charge in [-0.15, -0.1) is 0 Å². The standard InChI is InChI=1S/C6H11F3N2O2S2/c1-11(3-2-6(7,8)9)15(12,13)4-5(10)14/h2-4H2,1H3,(H2,10,14). The Bertz CT molecular complexity index is 326. The summed E-state index contributed by atoms with van der Waals surface area (Å²) in [6.07, 6.45) is -5.58. The largest absolute Gasteiger partial charge is 0.392 e. The van der Waals surface area contributed by atoms with Crippen molar-refractivity contribution in [2.24, 2.45) is 5.73 Å². The van der Waals surface area contributed by atoms with E-state index >= 15 is 0 Å². The van der Waals surface area contributed by atoms with Gasteiger partial charge in [-0.3, -0.25) is 0 Å². The maximum atomic E-state index is 11.8. The van der Waals surface area contributed by atoms with Crippen molar-refractivity contribution in [3.63, 3.8) is 0 Å². The summed E-state index contributed by atoms with van der Waals surface area (Å²) in [5.74, 6) is -0.614. The molecular formula is C6H11F3N2O2S2. The van der Waals surface area contributed by atoms with Crippen LogP contribution >= 0.6 is 12.2 Å². The minimum Gasteiger partial charge on any atom is -0.392 e. The van der Waals surface area contributed by atoms with Crippen molar-refractivity contribution in [3.8, 4) is 0 Å². The average molecular weight is 264 g/mol. The summed E-state index contributed by atoms with van der Waals surface area (Å²) in [6.45, 7) is -0.631. The van der Waals surface area contributed by atoms with Gasteiger partial charge in [-0.05, 0) is 0 Å². The molecule has 0 heterocycles. The Labute approximate surface area is 91.3 Å². The number of nitrogens with two attached hydrogens (primary N) is 1. The summed E-state index contributed by atoms with van der Waals surface area (Å²) >= 11 is 4.37. The van der Waals surface area contributed by atoms with Gasteiger partial charge < -0.3 is 5.73 Å². The van der Waals surface area contributed by atoms with Crippen LogP contribution in [0.15, 0.2) is 0 Å². The maximum Gasteiger partial charge on any atom is 0.390 e. The van der Waals surface area contributed by atoms with Gasteiger partial charge in [0.05, 0.1) is 11.4 Å². The molecule has 2 N–H and O–H groups in total. The van der Waals surface area contributed by atoms with Crippen LogP contribution in [0.2, 0.25) is 0 Å². The normalized spacial score (nSPS) is 13.1. The van der Waals surface area contributed by atoms with Gasteiger partial charge in [0, 0.05) is 13.6 Å². The summed E-state index contributed by atoms with van der Waals surface area (Å²) in [6, 6.07) is 0. The Morgan fingerprint density at radius 3 is 2.27 bits per heavy atom. The molecule has 0 aromatic rings. The molecule has 0 bridgehead atoms. The van der Waals surface area contributed by atoms with Crippen LogP contribution in [0.25, 0.3) is 0 Å². The van der Waals surface area contributed by atoms with Crippen molar-refractivity contribution < 1.29 is 21.6 Å². The molecule has 0 rings (SSSR count). The minimum atomic E-state index is -4.38. The number of nitrogens with zero attached hydrogens (tertiary/aromatic N) is 1. The molecule has 0 aromatic heterocycles. The topological polar surface area (TPSA) is 63.4 Å². The van der Waals surface area contributed by atoms with Gasteiger partial charge in [0.15, 0.2) is 0 Å².